The maximum atomic E-state index is 12.7. The molecule has 1 aromatic heterocycles. The number of amides is 1. The highest BCUT2D eigenvalue weighted by atomic mass is 16.5. The molecule has 5 heteroatoms. The van der Waals surface area contributed by atoms with Gasteiger partial charge in [0.2, 0.25) is 0 Å². The van der Waals surface area contributed by atoms with Crippen LogP contribution in [0.3, 0.4) is 0 Å². The van der Waals surface area contributed by atoms with Crippen LogP contribution in [-0.4, -0.2) is 41.0 Å². The minimum Gasteiger partial charge on any atom is -0.465 e. The van der Waals surface area contributed by atoms with Crippen LogP contribution in [0, 0.1) is 0 Å². The average Bonchev–Trinajstić information content (AvgIpc) is 2.92. The summed E-state index contributed by atoms with van der Waals surface area (Å²) in [5.74, 6) is -0.565. The summed E-state index contributed by atoms with van der Waals surface area (Å²) in [6, 6.07) is 7.37. The average molecular weight is 288 g/mol. The van der Waals surface area contributed by atoms with Gasteiger partial charge in [0.05, 0.1) is 17.7 Å². The number of H-pyrrole nitrogens is 1. The molecule has 1 aromatic carbocycles. The quantitative estimate of drug-likeness (QED) is 0.860. The summed E-state index contributed by atoms with van der Waals surface area (Å²) in [6.07, 6.45) is 1.80. The summed E-state index contributed by atoms with van der Waals surface area (Å²) in [7, 11) is 0. The predicted octanol–water partition coefficient (Wildman–Crippen LogP) is 2.58. The number of hydrogen-bond acceptors (Lipinski definition) is 3. The van der Waals surface area contributed by atoms with Gasteiger partial charge in [0.25, 0.3) is 5.91 Å². The van der Waals surface area contributed by atoms with Gasteiger partial charge in [-0.05, 0) is 32.9 Å². The van der Waals surface area contributed by atoms with E-state index < -0.39 is 5.97 Å². The Morgan fingerprint density at radius 1 is 1.29 bits per heavy atom. The molecule has 2 aromatic rings. The molecule has 0 aliphatic carbocycles. The van der Waals surface area contributed by atoms with Crippen LogP contribution in [-0.2, 0) is 9.53 Å². The first-order valence-electron chi connectivity index (χ1n) is 7.07. The summed E-state index contributed by atoms with van der Waals surface area (Å²) in [5.41, 5.74) is 1.35. The molecule has 0 bridgehead atoms. The molecule has 0 saturated carbocycles. The number of nitrogens with zero attached hydrogens (tertiary/aromatic N) is 1. The number of fused-ring (bicyclic) bond motifs is 1. The molecule has 1 amide bonds. The van der Waals surface area contributed by atoms with Crippen LogP contribution in [0.4, 0.5) is 0 Å². The monoisotopic (exact) mass is 288 g/mol. The molecule has 5 nitrogen and oxygen atoms in total. The lowest BCUT2D eigenvalue weighted by atomic mass is 10.1. The topological polar surface area (TPSA) is 62.4 Å². The molecular weight excluding hydrogens is 268 g/mol. The van der Waals surface area contributed by atoms with E-state index in [4.69, 9.17) is 4.74 Å². The molecule has 0 unspecified atom stereocenters. The van der Waals surface area contributed by atoms with E-state index in [1.807, 2.05) is 32.0 Å². The maximum Gasteiger partial charge on any atom is 0.325 e. The minimum atomic E-state index is -0.391. The van der Waals surface area contributed by atoms with Crippen LogP contribution < -0.4 is 0 Å². The van der Waals surface area contributed by atoms with E-state index in [0.717, 1.165) is 10.9 Å². The Bertz CT molecular complexity index is 646. The maximum absolute atomic E-state index is 12.7. The molecule has 0 aliphatic rings. The lowest BCUT2D eigenvalue weighted by molar-refractivity contribution is -0.144. The first kappa shape index (κ1) is 15.1. The molecular formula is C16H20N2O3. The van der Waals surface area contributed by atoms with Crippen molar-refractivity contribution < 1.29 is 14.3 Å². The van der Waals surface area contributed by atoms with Crippen molar-refractivity contribution >= 4 is 22.8 Å². The van der Waals surface area contributed by atoms with Gasteiger partial charge in [0.1, 0.15) is 6.54 Å². The summed E-state index contributed by atoms with van der Waals surface area (Å²) in [5, 5.41) is 0.973. The number of carbonyl (C=O) groups excluding carboxylic acids is 2. The number of hydrogen-bond donors (Lipinski definition) is 1. The van der Waals surface area contributed by atoms with Crippen molar-refractivity contribution in [2.45, 2.75) is 26.8 Å². The van der Waals surface area contributed by atoms with Crippen LogP contribution in [0.2, 0.25) is 0 Å². The van der Waals surface area contributed by atoms with Gasteiger partial charge in [-0.2, -0.15) is 0 Å². The van der Waals surface area contributed by atoms with E-state index >= 15 is 0 Å². The van der Waals surface area contributed by atoms with E-state index in [0.29, 0.717) is 12.2 Å². The highest BCUT2D eigenvalue weighted by Gasteiger charge is 2.23. The number of esters is 1. The molecule has 1 N–H and O–H groups in total. The molecule has 2 rings (SSSR count). The Balaban J connectivity index is 2.30. The van der Waals surface area contributed by atoms with E-state index in [2.05, 4.69) is 4.98 Å². The fourth-order valence-electron chi connectivity index (χ4n) is 2.25. The van der Waals surface area contributed by atoms with Crippen LogP contribution >= 0.6 is 0 Å². The highest BCUT2D eigenvalue weighted by Crippen LogP contribution is 2.19. The van der Waals surface area contributed by atoms with Gasteiger partial charge in [-0.1, -0.05) is 12.1 Å². The minimum absolute atomic E-state index is 0.0402. The zero-order chi connectivity index (χ0) is 15.4. The van der Waals surface area contributed by atoms with Crippen LogP contribution in [0.15, 0.2) is 30.5 Å². The van der Waals surface area contributed by atoms with Gasteiger partial charge in [0, 0.05) is 17.6 Å². The largest absolute Gasteiger partial charge is 0.465 e. The van der Waals surface area contributed by atoms with E-state index in [1.54, 1.807) is 19.2 Å². The van der Waals surface area contributed by atoms with Crippen molar-refractivity contribution in [3.8, 4) is 0 Å². The summed E-state index contributed by atoms with van der Waals surface area (Å²) in [4.78, 5) is 29.0. The molecule has 0 spiro atoms. The number of rotatable bonds is 5. The zero-order valence-electron chi connectivity index (χ0n) is 12.6. The number of ether oxygens (including phenoxy) is 1. The SMILES string of the molecule is CCOC(=O)CN(C(=O)c1cccc2cc[nH]c12)C(C)C. The Hall–Kier alpha value is -2.30. The summed E-state index contributed by atoms with van der Waals surface area (Å²) >= 11 is 0. The molecule has 21 heavy (non-hydrogen) atoms. The van der Waals surface area contributed by atoms with Crippen LogP contribution in [0.1, 0.15) is 31.1 Å². The lowest BCUT2D eigenvalue weighted by Gasteiger charge is -2.26. The third-order valence-corrected chi connectivity index (χ3v) is 3.31. The molecule has 112 valence electrons. The fourth-order valence-corrected chi connectivity index (χ4v) is 2.25. The summed E-state index contributed by atoms with van der Waals surface area (Å²) < 4.78 is 4.94. The van der Waals surface area contributed by atoms with Crippen molar-refractivity contribution in [3.05, 3.63) is 36.0 Å². The van der Waals surface area contributed by atoms with Gasteiger partial charge in [-0.25, -0.2) is 0 Å². The first-order valence-corrected chi connectivity index (χ1v) is 7.07. The van der Waals surface area contributed by atoms with Gasteiger partial charge >= 0.3 is 5.97 Å². The van der Waals surface area contributed by atoms with Crippen molar-refractivity contribution in [1.82, 2.24) is 9.88 Å². The number of aromatic nitrogens is 1. The van der Waals surface area contributed by atoms with Gasteiger partial charge < -0.3 is 14.6 Å². The Morgan fingerprint density at radius 3 is 2.71 bits per heavy atom. The van der Waals surface area contributed by atoms with Crippen LogP contribution in [0.5, 0.6) is 0 Å². The van der Waals surface area contributed by atoms with Gasteiger partial charge in [-0.15, -0.1) is 0 Å². The standard InChI is InChI=1S/C16H20N2O3/c1-4-21-14(19)10-18(11(2)3)16(20)13-7-5-6-12-8-9-17-15(12)13/h5-9,11,17H,4,10H2,1-3H3. The number of para-hydroxylation sites is 1. The number of benzene rings is 1. The first-order chi connectivity index (χ1) is 10.0. The normalized spacial score (nSPS) is 10.9. The second-order valence-electron chi connectivity index (χ2n) is 5.08. The van der Waals surface area contributed by atoms with Gasteiger partial charge in [0.15, 0.2) is 0 Å². The van der Waals surface area contributed by atoms with Crippen molar-refractivity contribution in [1.29, 1.82) is 0 Å². The lowest BCUT2D eigenvalue weighted by Crippen LogP contribution is -2.41. The van der Waals surface area contributed by atoms with Crippen molar-refractivity contribution in [2.75, 3.05) is 13.2 Å². The number of carbonyl (C=O) groups is 2. The molecule has 1 heterocycles. The third-order valence-electron chi connectivity index (χ3n) is 3.31. The predicted molar refractivity (Wildman–Crippen MR) is 81.1 cm³/mol. The summed E-state index contributed by atoms with van der Waals surface area (Å²) in [6.45, 7) is 5.78. The Morgan fingerprint density at radius 2 is 2.05 bits per heavy atom. The fraction of sp³-hybridized carbons (Fsp3) is 0.375. The molecule has 0 aliphatic heterocycles. The second-order valence-corrected chi connectivity index (χ2v) is 5.08. The van der Waals surface area contributed by atoms with E-state index in [1.165, 1.54) is 4.90 Å². The number of aromatic amines is 1. The zero-order valence-corrected chi connectivity index (χ0v) is 12.6. The smallest absolute Gasteiger partial charge is 0.325 e. The molecule has 0 saturated heterocycles. The third kappa shape index (κ3) is 3.24. The molecule has 0 fully saturated rings. The number of nitrogens with one attached hydrogen (secondary N) is 1. The Labute approximate surface area is 123 Å². The van der Waals surface area contributed by atoms with Crippen molar-refractivity contribution in [2.24, 2.45) is 0 Å². The highest BCUT2D eigenvalue weighted by molar-refractivity contribution is 6.06. The van der Waals surface area contributed by atoms with E-state index in [9.17, 15) is 9.59 Å². The van der Waals surface area contributed by atoms with Gasteiger partial charge in [-0.3, -0.25) is 9.59 Å². The second kappa shape index (κ2) is 6.43. The Kier molecular flexibility index (Phi) is 4.62. The molecule has 0 radical (unpaired) electrons. The van der Waals surface area contributed by atoms with Crippen molar-refractivity contribution in [3.63, 3.8) is 0 Å². The molecule has 0 atom stereocenters. The van der Waals surface area contributed by atoms with Crippen LogP contribution in [0.25, 0.3) is 10.9 Å². The van der Waals surface area contributed by atoms with E-state index in [-0.39, 0.29) is 18.5 Å².